The van der Waals surface area contributed by atoms with Crippen LogP contribution in [0, 0.1) is 20.8 Å². The predicted molar refractivity (Wildman–Crippen MR) is 167 cm³/mol. The molecule has 0 radical (unpaired) electrons. The van der Waals surface area contributed by atoms with Crippen molar-refractivity contribution < 1.29 is 17.9 Å². The van der Waals surface area contributed by atoms with Crippen molar-refractivity contribution >= 4 is 46.3 Å². The fraction of sp³-hybridized carbons (Fsp3) is 0.235. The number of aryl methyl sites for hydroxylation is 3. The van der Waals surface area contributed by atoms with Crippen molar-refractivity contribution in [2.45, 2.75) is 50.6 Å². The molecule has 0 bridgehead atoms. The molecule has 2 aliphatic rings. The summed E-state index contributed by atoms with van der Waals surface area (Å²) in [4.78, 5) is 0. The number of hydrogen-bond acceptors (Lipinski definition) is 0. The van der Waals surface area contributed by atoms with Gasteiger partial charge < -0.3 is 0 Å². The maximum atomic E-state index is 7.84. The van der Waals surface area contributed by atoms with Crippen molar-refractivity contribution in [2.75, 3.05) is 0 Å². The second-order valence-corrected chi connectivity index (χ2v) is 27.0. The Balaban J connectivity index is 1.53. The third-order valence-corrected chi connectivity index (χ3v) is 22.7. The van der Waals surface area contributed by atoms with Crippen LogP contribution in [-0.2, 0) is 17.9 Å². The Hall–Kier alpha value is -1.70. The average molecular weight is 633 g/mol. The summed E-state index contributed by atoms with van der Waals surface area (Å²) in [6.45, 7) is 8.90. The van der Waals surface area contributed by atoms with Crippen LogP contribution in [0.3, 0.4) is 0 Å². The molecule has 6 rings (SSSR count). The zero-order valence-corrected chi connectivity index (χ0v) is 28.1. The van der Waals surface area contributed by atoms with E-state index in [0.29, 0.717) is 0 Å². The van der Waals surface area contributed by atoms with Gasteiger partial charge in [-0.25, -0.2) is 0 Å². The summed E-state index contributed by atoms with van der Waals surface area (Å²) >= 11 is -3.94. The molecule has 4 heteroatoms. The van der Waals surface area contributed by atoms with Crippen LogP contribution in [0.25, 0.3) is 28.3 Å². The van der Waals surface area contributed by atoms with Gasteiger partial charge in [0.2, 0.25) is 0 Å². The molecule has 1 atom stereocenters. The van der Waals surface area contributed by atoms with Gasteiger partial charge in [-0.15, -0.1) is 0 Å². The van der Waals surface area contributed by atoms with Gasteiger partial charge in [0.25, 0.3) is 0 Å². The van der Waals surface area contributed by atoms with Crippen molar-refractivity contribution in [3.8, 4) is 22.3 Å². The minimum absolute atomic E-state index is 0.142. The van der Waals surface area contributed by atoms with Crippen molar-refractivity contribution in [3.63, 3.8) is 0 Å². The summed E-state index contributed by atoms with van der Waals surface area (Å²) < 4.78 is 1.46. The van der Waals surface area contributed by atoms with Gasteiger partial charge >= 0.3 is 243 Å². The van der Waals surface area contributed by atoms with Gasteiger partial charge in [-0.2, -0.15) is 0 Å². The van der Waals surface area contributed by atoms with Crippen LogP contribution in [0.2, 0.25) is 0 Å². The van der Waals surface area contributed by atoms with Crippen LogP contribution >= 0.6 is 17.0 Å². The number of fused-ring (bicyclic) bond motifs is 4. The third-order valence-electron chi connectivity index (χ3n) is 8.40. The summed E-state index contributed by atoms with van der Waals surface area (Å²) in [5, 5.41) is 3.02. The number of halogens is 2. The molecule has 38 heavy (non-hydrogen) atoms. The molecule has 0 saturated heterocycles. The molecule has 0 nitrogen and oxygen atoms in total. The first-order valence-corrected chi connectivity index (χ1v) is 24.2. The van der Waals surface area contributed by atoms with Crippen LogP contribution < -0.4 is 13.6 Å². The van der Waals surface area contributed by atoms with E-state index >= 15 is 0 Å². The summed E-state index contributed by atoms with van der Waals surface area (Å²) in [5.41, 5.74) is 13.5. The van der Waals surface area contributed by atoms with Gasteiger partial charge in [0.1, 0.15) is 0 Å². The van der Waals surface area contributed by atoms with E-state index in [1.165, 1.54) is 75.7 Å². The van der Waals surface area contributed by atoms with Crippen LogP contribution in [0.1, 0.15) is 57.6 Å². The molecule has 192 valence electrons. The number of unbranched alkanes of at least 4 members (excludes halogenated alkanes) is 1. The van der Waals surface area contributed by atoms with Crippen LogP contribution in [0.5, 0.6) is 0 Å². The molecule has 1 heterocycles. The van der Waals surface area contributed by atoms with Crippen LogP contribution in [0.15, 0.2) is 78.4 Å². The topological polar surface area (TPSA) is 0 Å². The zero-order valence-electron chi connectivity index (χ0n) is 22.7. The standard InChI is InChI=1S/C22H25.C12H9Si.2ClH.Zr/c1-5-6-7-18-13-19-9-8-17(4)22(21(19)14-18)20-11-15(2)10-16(3)12-20;1-3-7-11-9(5-1)10-6-2-4-8-12(10)13-11;;;/h8-14H,5-7H2,1-4H3;1-7H,13H2;2*1H;/q;;;;+2/p-2. The SMILES string of the molecule is CCCCC1=Cc2c(ccc(C)c2-c2cc(C)cc(C)c2)[CH]1[Zr]([Cl])([Cl])[c]1cccc2c1[SiH2]c1ccccc1-2. The molecular formula is C34H34Cl2SiZr. The number of benzene rings is 4. The fourth-order valence-corrected chi connectivity index (χ4v) is 23.6. The molecule has 0 spiro atoms. The summed E-state index contributed by atoms with van der Waals surface area (Å²) in [6.07, 6.45) is 5.86. The molecule has 4 aromatic carbocycles. The molecule has 0 fully saturated rings. The quantitative estimate of drug-likeness (QED) is 0.168. The second-order valence-electron chi connectivity index (χ2n) is 11.2. The van der Waals surface area contributed by atoms with E-state index in [1.54, 1.807) is 0 Å². The van der Waals surface area contributed by atoms with Gasteiger partial charge in [0.05, 0.1) is 0 Å². The summed E-state index contributed by atoms with van der Waals surface area (Å²) in [6, 6.07) is 27.2. The van der Waals surface area contributed by atoms with Crippen molar-refractivity contribution in [2.24, 2.45) is 0 Å². The molecule has 0 aromatic heterocycles. The van der Waals surface area contributed by atoms with E-state index in [1.807, 2.05) is 0 Å². The van der Waals surface area contributed by atoms with Gasteiger partial charge in [-0.1, -0.05) is 0 Å². The first-order valence-electron chi connectivity index (χ1n) is 13.8. The monoisotopic (exact) mass is 630 g/mol. The Bertz CT molecular complexity index is 1580. The average Bonchev–Trinajstić information content (AvgIpc) is 3.45. The minimum atomic E-state index is -3.94. The van der Waals surface area contributed by atoms with Gasteiger partial charge in [-0.05, 0) is 0 Å². The van der Waals surface area contributed by atoms with Gasteiger partial charge in [0.15, 0.2) is 0 Å². The van der Waals surface area contributed by atoms with Crippen molar-refractivity contribution in [3.05, 3.63) is 106 Å². The van der Waals surface area contributed by atoms with E-state index in [4.69, 9.17) is 17.0 Å². The zero-order chi connectivity index (χ0) is 26.6. The van der Waals surface area contributed by atoms with Crippen LogP contribution in [-0.4, -0.2) is 9.52 Å². The van der Waals surface area contributed by atoms with Crippen molar-refractivity contribution in [1.29, 1.82) is 0 Å². The van der Waals surface area contributed by atoms with E-state index in [2.05, 4.69) is 107 Å². The first kappa shape index (κ1) is 26.5. The molecule has 1 aliphatic heterocycles. The molecular weight excluding hydrogens is 599 g/mol. The Morgan fingerprint density at radius 3 is 2.34 bits per heavy atom. The van der Waals surface area contributed by atoms with E-state index in [-0.39, 0.29) is 3.63 Å². The molecule has 0 amide bonds. The molecule has 0 N–H and O–H groups in total. The first-order chi connectivity index (χ1) is 18.3. The normalized spacial score (nSPS) is 16.4. The van der Waals surface area contributed by atoms with Gasteiger partial charge in [0, 0.05) is 0 Å². The Kier molecular flexibility index (Phi) is 7.23. The predicted octanol–water partition coefficient (Wildman–Crippen LogP) is 7.79. The van der Waals surface area contributed by atoms with Gasteiger partial charge in [-0.3, -0.25) is 0 Å². The summed E-state index contributed by atoms with van der Waals surface area (Å²) in [5.74, 6) is 0. The third kappa shape index (κ3) is 4.46. The Labute approximate surface area is 241 Å². The number of hydrogen-bond donors (Lipinski definition) is 0. The fourth-order valence-electron chi connectivity index (χ4n) is 6.77. The molecule has 1 aliphatic carbocycles. The Morgan fingerprint density at radius 2 is 1.58 bits per heavy atom. The number of rotatable bonds is 6. The Morgan fingerprint density at radius 1 is 0.842 bits per heavy atom. The number of allylic oxidation sites excluding steroid dienone is 1. The van der Waals surface area contributed by atoms with E-state index in [9.17, 15) is 0 Å². The van der Waals surface area contributed by atoms with E-state index in [0.717, 1.165) is 12.8 Å². The summed E-state index contributed by atoms with van der Waals surface area (Å²) in [7, 11) is 15.1. The molecule has 1 unspecified atom stereocenters. The van der Waals surface area contributed by atoms with Crippen LogP contribution in [0.4, 0.5) is 0 Å². The molecule has 4 aromatic rings. The van der Waals surface area contributed by atoms with Crippen molar-refractivity contribution in [1.82, 2.24) is 0 Å². The second kappa shape index (κ2) is 10.4. The maximum absolute atomic E-state index is 7.84. The molecule has 0 saturated carbocycles. The van der Waals surface area contributed by atoms with E-state index < -0.39 is 27.4 Å².